The van der Waals surface area contributed by atoms with Crippen molar-refractivity contribution < 1.29 is 0 Å². The predicted molar refractivity (Wildman–Crippen MR) is 128 cm³/mol. The van der Waals surface area contributed by atoms with Gasteiger partial charge < -0.3 is 14.8 Å². The summed E-state index contributed by atoms with van der Waals surface area (Å²) in [6, 6.07) is 5.28. The number of hydrogen-bond acceptors (Lipinski definition) is 4. The van der Waals surface area contributed by atoms with E-state index in [2.05, 4.69) is 15.3 Å². The van der Waals surface area contributed by atoms with Crippen LogP contribution in [0.4, 0.5) is 5.69 Å². The quantitative estimate of drug-likeness (QED) is 0.339. The maximum atomic E-state index is 12.5. The number of aliphatic imine (C=N–C) groups is 1. The number of aromatic nitrogens is 4. The molecule has 2 heterocycles. The molecule has 0 saturated heterocycles. The van der Waals surface area contributed by atoms with Gasteiger partial charge in [0.25, 0.3) is 5.56 Å². The molecule has 1 N–H and O–H groups in total. The molecule has 0 amide bonds. The molecule has 3 rings (SSSR count). The Balaban J connectivity index is 0.00000341. The molecule has 2 aromatic heterocycles. The SMILES string of the molecule is CN(C)C(=NCCCn1cnc2c1c(=O)n(C)c(=O)n2C)Nc1c(Cl)cccc1Cl.Cl. The van der Waals surface area contributed by atoms with Crippen molar-refractivity contribution in [2.24, 2.45) is 19.1 Å². The zero-order valence-electron chi connectivity index (χ0n) is 17.6. The number of rotatable bonds is 5. The maximum absolute atomic E-state index is 12.5. The standard InChI is InChI=1S/C19H23Cl2N7O2.ClH/c1-25(2)18(24-14-12(20)7-5-8-13(14)21)22-9-6-10-28-11-23-16-15(28)17(29)27(4)19(30)26(16)3;/h5,7-8,11H,6,9-10H2,1-4H3,(H,22,24);1H. The van der Waals surface area contributed by atoms with E-state index in [4.69, 9.17) is 23.2 Å². The van der Waals surface area contributed by atoms with Gasteiger partial charge in [-0.05, 0) is 18.6 Å². The highest BCUT2D eigenvalue weighted by atomic mass is 35.5. The largest absolute Gasteiger partial charge is 0.349 e. The first kappa shape index (κ1) is 24.8. The molecule has 31 heavy (non-hydrogen) atoms. The molecule has 0 radical (unpaired) electrons. The van der Waals surface area contributed by atoms with Gasteiger partial charge in [-0.1, -0.05) is 29.3 Å². The molecule has 168 valence electrons. The molecule has 0 aliphatic rings. The highest BCUT2D eigenvalue weighted by molar-refractivity contribution is 6.39. The molecular weight excluding hydrogens is 465 g/mol. The van der Waals surface area contributed by atoms with Gasteiger partial charge in [0, 0.05) is 41.3 Å². The summed E-state index contributed by atoms with van der Waals surface area (Å²) >= 11 is 12.5. The highest BCUT2D eigenvalue weighted by Crippen LogP contribution is 2.29. The summed E-state index contributed by atoms with van der Waals surface area (Å²) in [5.74, 6) is 0.610. The minimum atomic E-state index is -0.401. The fourth-order valence-corrected chi connectivity index (χ4v) is 3.51. The summed E-state index contributed by atoms with van der Waals surface area (Å²) in [5, 5.41) is 4.18. The summed E-state index contributed by atoms with van der Waals surface area (Å²) in [6.07, 6.45) is 2.23. The van der Waals surface area contributed by atoms with E-state index in [-0.39, 0.29) is 18.0 Å². The van der Waals surface area contributed by atoms with Gasteiger partial charge >= 0.3 is 5.69 Å². The van der Waals surface area contributed by atoms with E-state index >= 15 is 0 Å². The number of fused-ring (bicyclic) bond motifs is 1. The minimum absolute atomic E-state index is 0. The predicted octanol–water partition coefficient (Wildman–Crippen LogP) is 2.58. The lowest BCUT2D eigenvalue weighted by Gasteiger charge is -2.19. The molecule has 1 aromatic carbocycles. The van der Waals surface area contributed by atoms with Gasteiger partial charge in [-0.2, -0.15) is 0 Å². The van der Waals surface area contributed by atoms with Gasteiger partial charge in [0.2, 0.25) is 0 Å². The van der Waals surface area contributed by atoms with Crippen molar-refractivity contribution in [3.8, 4) is 0 Å². The third kappa shape index (κ3) is 5.06. The van der Waals surface area contributed by atoms with Crippen molar-refractivity contribution in [1.29, 1.82) is 0 Å². The lowest BCUT2D eigenvalue weighted by Crippen LogP contribution is -2.37. The van der Waals surface area contributed by atoms with Gasteiger partial charge in [0.15, 0.2) is 17.1 Å². The smallest absolute Gasteiger partial charge is 0.332 e. The van der Waals surface area contributed by atoms with Crippen LogP contribution in [0.2, 0.25) is 10.0 Å². The molecule has 0 aliphatic heterocycles. The minimum Gasteiger partial charge on any atom is -0.349 e. The third-order valence-corrected chi connectivity index (χ3v) is 5.29. The van der Waals surface area contributed by atoms with Crippen LogP contribution in [0.5, 0.6) is 0 Å². The summed E-state index contributed by atoms with van der Waals surface area (Å²) in [5.41, 5.74) is 0.603. The van der Waals surface area contributed by atoms with Gasteiger partial charge in [0.05, 0.1) is 22.1 Å². The Kier molecular flexibility index (Phi) is 8.16. The van der Waals surface area contributed by atoms with Gasteiger partial charge in [-0.15, -0.1) is 12.4 Å². The summed E-state index contributed by atoms with van der Waals surface area (Å²) in [4.78, 5) is 35.2. The van der Waals surface area contributed by atoms with E-state index in [1.54, 1.807) is 36.1 Å². The molecule has 0 saturated carbocycles. The van der Waals surface area contributed by atoms with E-state index in [1.165, 1.54) is 11.6 Å². The van der Waals surface area contributed by atoms with Crippen molar-refractivity contribution in [3.05, 3.63) is 55.4 Å². The van der Waals surface area contributed by atoms with Crippen LogP contribution in [0, 0.1) is 0 Å². The summed E-state index contributed by atoms with van der Waals surface area (Å²) < 4.78 is 4.20. The molecule has 0 bridgehead atoms. The molecule has 9 nitrogen and oxygen atoms in total. The van der Waals surface area contributed by atoms with Gasteiger partial charge in [0.1, 0.15) is 0 Å². The van der Waals surface area contributed by atoms with Gasteiger partial charge in [-0.3, -0.25) is 18.9 Å². The Bertz CT molecular complexity index is 1210. The topological polar surface area (TPSA) is 89.5 Å². The first-order valence-electron chi connectivity index (χ1n) is 9.26. The second kappa shape index (κ2) is 10.2. The number of para-hydroxylation sites is 1. The van der Waals surface area contributed by atoms with Crippen molar-refractivity contribution in [2.45, 2.75) is 13.0 Å². The van der Waals surface area contributed by atoms with Gasteiger partial charge in [-0.25, -0.2) is 9.78 Å². The molecule has 0 spiro atoms. The fourth-order valence-electron chi connectivity index (χ4n) is 3.01. The zero-order chi connectivity index (χ0) is 22.0. The number of nitrogens with one attached hydrogen (secondary N) is 1. The highest BCUT2D eigenvalue weighted by Gasteiger charge is 2.14. The monoisotopic (exact) mass is 487 g/mol. The lowest BCUT2D eigenvalue weighted by molar-refractivity contribution is 0.606. The molecule has 0 aliphatic carbocycles. The first-order valence-corrected chi connectivity index (χ1v) is 10.0. The van der Waals surface area contributed by atoms with Crippen LogP contribution in [0.1, 0.15) is 6.42 Å². The Morgan fingerprint density at radius 2 is 1.81 bits per heavy atom. The van der Waals surface area contributed by atoms with Crippen LogP contribution in [-0.2, 0) is 20.6 Å². The molecule has 0 unspecified atom stereocenters. The average Bonchev–Trinajstić information content (AvgIpc) is 3.13. The Morgan fingerprint density at radius 3 is 2.42 bits per heavy atom. The third-order valence-electron chi connectivity index (χ3n) is 4.66. The van der Waals surface area contributed by atoms with E-state index in [9.17, 15) is 9.59 Å². The van der Waals surface area contributed by atoms with Crippen LogP contribution in [0.15, 0.2) is 39.1 Å². The van der Waals surface area contributed by atoms with E-state index in [0.29, 0.717) is 52.4 Å². The van der Waals surface area contributed by atoms with E-state index in [0.717, 1.165) is 4.57 Å². The van der Waals surface area contributed by atoms with Crippen LogP contribution < -0.4 is 16.6 Å². The molecular formula is C19H24Cl3N7O2. The van der Waals surface area contributed by atoms with Crippen molar-refractivity contribution >= 4 is 58.4 Å². The number of halogens is 3. The number of imidazole rings is 1. The number of aryl methyl sites for hydroxylation is 2. The van der Waals surface area contributed by atoms with Crippen LogP contribution in [0.3, 0.4) is 0 Å². The van der Waals surface area contributed by atoms with E-state index < -0.39 is 5.69 Å². The van der Waals surface area contributed by atoms with Crippen molar-refractivity contribution in [3.63, 3.8) is 0 Å². The number of benzene rings is 1. The summed E-state index contributed by atoms with van der Waals surface area (Å²) in [6.45, 7) is 1.02. The molecule has 0 fully saturated rings. The Hall–Kier alpha value is -2.49. The second-order valence-electron chi connectivity index (χ2n) is 6.99. The molecule has 3 aromatic rings. The normalized spacial score (nSPS) is 11.5. The van der Waals surface area contributed by atoms with Crippen LogP contribution in [-0.4, -0.2) is 50.2 Å². The number of anilines is 1. The zero-order valence-corrected chi connectivity index (χ0v) is 19.9. The summed E-state index contributed by atoms with van der Waals surface area (Å²) in [7, 11) is 6.79. The number of hydrogen-bond donors (Lipinski definition) is 1. The lowest BCUT2D eigenvalue weighted by atomic mass is 10.3. The molecule has 0 atom stereocenters. The number of guanidine groups is 1. The Labute approximate surface area is 195 Å². The van der Waals surface area contributed by atoms with Crippen molar-refractivity contribution in [1.82, 2.24) is 23.6 Å². The van der Waals surface area contributed by atoms with Crippen LogP contribution in [0.25, 0.3) is 11.2 Å². The first-order chi connectivity index (χ1) is 14.2. The van der Waals surface area contributed by atoms with Crippen LogP contribution >= 0.6 is 35.6 Å². The Morgan fingerprint density at radius 1 is 1.16 bits per heavy atom. The van der Waals surface area contributed by atoms with E-state index in [1.807, 2.05) is 19.0 Å². The molecule has 12 heteroatoms. The average molecular weight is 489 g/mol. The number of nitrogens with zero attached hydrogens (tertiary/aromatic N) is 6. The fraction of sp³-hybridized carbons (Fsp3) is 0.368. The van der Waals surface area contributed by atoms with Crippen molar-refractivity contribution in [2.75, 3.05) is 26.0 Å². The maximum Gasteiger partial charge on any atom is 0.332 e. The second-order valence-corrected chi connectivity index (χ2v) is 7.81.